The van der Waals surface area contributed by atoms with E-state index in [4.69, 9.17) is 0 Å². The van der Waals surface area contributed by atoms with E-state index < -0.39 is 11.4 Å². The number of H-pyrrole nitrogens is 1. The van der Waals surface area contributed by atoms with E-state index >= 15 is 0 Å². The molecule has 1 rings (SSSR count). The molecule has 0 saturated carbocycles. The van der Waals surface area contributed by atoms with Crippen LogP contribution >= 0.6 is 0 Å². The zero-order valence-corrected chi connectivity index (χ0v) is 9.19. The minimum atomic E-state index is -0.988. The minimum Gasteiger partial charge on any atom is -0.480 e. The normalized spacial score (nSPS) is 15.2. The maximum absolute atomic E-state index is 11.4. The fourth-order valence-corrected chi connectivity index (χ4v) is 1.81. The molecule has 1 heterocycles. The number of aromatic amines is 1. The fraction of sp³-hybridized carbons (Fsp3) is 0.778. The van der Waals surface area contributed by atoms with Gasteiger partial charge in [0.05, 0.1) is 0 Å². The lowest BCUT2D eigenvalue weighted by Gasteiger charge is -2.26. The minimum absolute atomic E-state index is 0.270. The quantitative estimate of drug-likeness (QED) is 0.759. The number of rotatable bonds is 5. The van der Waals surface area contributed by atoms with Crippen LogP contribution in [0.4, 0.5) is 0 Å². The highest BCUT2D eigenvalue weighted by atomic mass is 16.4. The molecule has 0 radical (unpaired) electrons. The number of hydrogen-bond donors (Lipinski definition) is 2. The van der Waals surface area contributed by atoms with E-state index in [1.54, 1.807) is 0 Å². The summed E-state index contributed by atoms with van der Waals surface area (Å²) in [5.41, 5.74) is -0.988. The summed E-state index contributed by atoms with van der Waals surface area (Å²) in [5, 5.41) is 22.5. The molecule has 15 heavy (non-hydrogen) atoms. The highest BCUT2D eigenvalue weighted by Gasteiger charge is 2.42. The molecule has 0 bridgehead atoms. The Bertz CT molecular complexity index is 323. The third-order valence-electron chi connectivity index (χ3n) is 2.57. The predicted molar refractivity (Wildman–Crippen MR) is 53.2 cm³/mol. The standard InChI is InChI=1S/C9H16N4O2/c1-4-9(8(14)15,5-6(2)3)7-10-12-13-11-7/h6H,4-5H2,1-3H3,(H,14,15)(H,10,11,12,13). The second-order valence-corrected chi connectivity index (χ2v) is 4.09. The van der Waals surface area contributed by atoms with Crippen LogP contribution in [0.2, 0.25) is 0 Å². The number of aliphatic carboxylic acids is 1. The van der Waals surface area contributed by atoms with Crippen molar-refractivity contribution >= 4 is 5.97 Å². The number of nitrogens with one attached hydrogen (secondary N) is 1. The lowest BCUT2D eigenvalue weighted by Crippen LogP contribution is -2.37. The molecule has 1 aromatic rings. The lowest BCUT2D eigenvalue weighted by atomic mass is 9.77. The van der Waals surface area contributed by atoms with Gasteiger partial charge in [-0.3, -0.25) is 4.79 Å². The molecule has 0 amide bonds. The maximum Gasteiger partial charge on any atom is 0.317 e. The Kier molecular flexibility index (Phi) is 3.39. The van der Waals surface area contributed by atoms with Gasteiger partial charge in [-0.1, -0.05) is 20.8 Å². The summed E-state index contributed by atoms with van der Waals surface area (Å²) in [5.74, 6) is -0.269. The van der Waals surface area contributed by atoms with Crippen LogP contribution in [0.5, 0.6) is 0 Å². The molecule has 6 heteroatoms. The molecule has 1 atom stereocenters. The summed E-state index contributed by atoms with van der Waals surface area (Å²) in [6.45, 7) is 5.80. The van der Waals surface area contributed by atoms with E-state index in [1.807, 2.05) is 20.8 Å². The molecule has 2 N–H and O–H groups in total. The van der Waals surface area contributed by atoms with Gasteiger partial charge in [-0.25, -0.2) is 5.10 Å². The first-order chi connectivity index (χ1) is 7.03. The first-order valence-corrected chi connectivity index (χ1v) is 5.00. The molecule has 0 aliphatic carbocycles. The molecule has 0 aromatic carbocycles. The van der Waals surface area contributed by atoms with Crippen molar-refractivity contribution in [3.8, 4) is 0 Å². The SMILES string of the molecule is CCC(CC(C)C)(C(=O)O)c1nnn[nH]1. The van der Waals surface area contributed by atoms with Gasteiger partial charge in [0.15, 0.2) is 5.82 Å². The number of carbonyl (C=O) groups is 1. The van der Waals surface area contributed by atoms with Crippen molar-refractivity contribution in [1.82, 2.24) is 20.6 Å². The molecule has 84 valence electrons. The van der Waals surface area contributed by atoms with Crippen molar-refractivity contribution in [2.24, 2.45) is 5.92 Å². The highest BCUT2D eigenvalue weighted by molar-refractivity contribution is 5.79. The first-order valence-electron chi connectivity index (χ1n) is 5.00. The van der Waals surface area contributed by atoms with Crippen molar-refractivity contribution < 1.29 is 9.90 Å². The zero-order valence-electron chi connectivity index (χ0n) is 9.19. The topological polar surface area (TPSA) is 91.8 Å². The van der Waals surface area contributed by atoms with Crippen LogP contribution in [0.3, 0.4) is 0 Å². The summed E-state index contributed by atoms with van der Waals surface area (Å²) in [6, 6.07) is 0. The molecule has 0 fully saturated rings. The Balaban J connectivity index is 3.10. The van der Waals surface area contributed by atoms with E-state index in [9.17, 15) is 9.90 Å². The molecular formula is C9H16N4O2. The van der Waals surface area contributed by atoms with Gasteiger partial charge in [0.1, 0.15) is 5.41 Å². The molecule has 0 saturated heterocycles. The largest absolute Gasteiger partial charge is 0.480 e. The van der Waals surface area contributed by atoms with Gasteiger partial charge in [-0.15, -0.1) is 5.10 Å². The molecule has 0 aliphatic rings. The molecule has 0 spiro atoms. The van der Waals surface area contributed by atoms with Crippen LogP contribution in [0.15, 0.2) is 0 Å². The van der Waals surface area contributed by atoms with Crippen molar-refractivity contribution in [2.75, 3.05) is 0 Å². The number of carboxylic acids is 1. The van der Waals surface area contributed by atoms with Crippen molar-refractivity contribution in [2.45, 2.75) is 39.0 Å². The van der Waals surface area contributed by atoms with Gasteiger partial charge in [-0.2, -0.15) is 0 Å². The van der Waals surface area contributed by atoms with Gasteiger partial charge in [0.25, 0.3) is 0 Å². The van der Waals surface area contributed by atoms with E-state index in [0.717, 1.165) is 0 Å². The molecule has 6 nitrogen and oxygen atoms in total. The Morgan fingerprint density at radius 1 is 1.60 bits per heavy atom. The van der Waals surface area contributed by atoms with Crippen molar-refractivity contribution in [1.29, 1.82) is 0 Å². The second-order valence-electron chi connectivity index (χ2n) is 4.09. The average Bonchev–Trinajstić information content (AvgIpc) is 2.66. The van der Waals surface area contributed by atoms with Crippen molar-refractivity contribution in [3.05, 3.63) is 5.82 Å². The van der Waals surface area contributed by atoms with E-state index in [2.05, 4.69) is 20.6 Å². The van der Waals surface area contributed by atoms with Crippen LogP contribution in [0.25, 0.3) is 0 Å². The van der Waals surface area contributed by atoms with Gasteiger partial charge in [-0.05, 0) is 29.2 Å². The van der Waals surface area contributed by atoms with Crippen LogP contribution in [-0.2, 0) is 10.2 Å². The molecular weight excluding hydrogens is 196 g/mol. The Hall–Kier alpha value is -1.46. The van der Waals surface area contributed by atoms with E-state index in [0.29, 0.717) is 18.7 Å². The maximum atomic E-state index is 11.4. The van der Waals surface area contributed by atoms with Gasteiger partial charge in [0, 0.05) is 0 Å². The zero-order chi connectivity index (χ0) is 11.5. The van der Waals surface area contributed by atoms with Gasteiger partial charge >= 0.3 is 5.97 Å². The van der Waals surface area contributed by atoms with Crippen LogP contribution in [0, 0.1) is 5.92 Å². The summed E-state index contributed by atoms with van der Waals surface area (Å²) in [6.07, 6.45) is 0.993. The summed E-state index contributed by atoms with van der Waals surface area (Å²) >= 11 is 0. The van der Waals surface area contributed by atoms with E-state index in [-0.39, 0.29) is 5.92 Å². The molecule has 1 aromatic heterocycles. The smallest absolute Gasteiger partial charge is 0.317 e. The number of carboxylic acid groups (broad SMARTS) is 1. The number of tetrazole rings is 1. The van der Waals surface area contributed by atoms with Crippen LogP contribution < -0.4 is 0 Å². The summed E-state index contributed by atoms with van der Waals surface area (Å²) < 4.78 is 0. The summed E-state index contributed by atoms with van der Waals surface area (Å²) in [7, 11) is 0. The molecule has 1 unspecified atom stereocenters. The van der Waals surface area contributed by atoms with Crippen LogP contribution in [0.1, 0.15) is 39.4 Å². The third kappa shape index (κ3) is 2.14. The first kappa shape index (κ1) is 11.6. The van der Waals surface area contributed by atoms with Crippen LogP contribution in [-0.4, -0.2) is 31.7 Å². The fourth-order valence-electron chi connectivity index (χ4n) is 1.81. The third-order valence-corrected chi connectivity index (χ3v) is 2.57. The van der Waals surface area contributed by atoms with Gasteiger partial charge in [0.2, 0.25) is 0 Å². The predicted octanol–water partition coefficient (Wildman–Crippen LogP) is 0.978. The van der Waals surface area contributed by atoms with Crippen molar-refractivity contribution in [3.63, 3.8) is 0 Å². The Labute approximate surface area is 88.1 Å². The Morgan fingerprint density at radius 2 is 2.27 bits per heavy atom. The molecule has 0 aliphatic heterocycles. The monoisotopic (exact) mass is 212 g/mol. The second kappa shape index (κ2) is 4.37. The summed E-state index contributed by atoms with van der Waals surface area (Å²) in [4.78, 5) is 11.4. The lowest BCUT2D eigenvalue weighted by molar-refractivity contribution is -0.145. The Morgan fingerprint density at radius 3 is 2.60 bits per heavy atom. The highest BCUT2D eigenvalue weighted by Crippen LogP contribution is 2.32. The van der Waals surface area contributed by atoms with Gasteiger partial charge < -0.3 is 5.11 Å². The van der Waals surface area contributed by atoms with E-state index in [1.165, 1.54) is 0 Å². The number of nitrogens with zero attached hydrogens (tertiary/aromatic N) is 3. The average molecular weight is 212 g/mol. The number of hydrogen-bond acceptors (Lipinski definition) is 4. The number of aromatic nitrogens is 4.